The van der Waals surface area contributed by atoms with Crippen molar-refractivity contribution in [2.75, 3.05) is 0 Å². The Morgan fingerprint density at radius 1 is 0.917 bits per heavy atom. The van der Waals surface area contributed by atoms with Crippen LogP contribution in [0.1, 0.15) is 32.8 Å². The molecular formula is C29H26N4O2S. The molecule has 6 nitrogen and oxygen atoms in total. The van der Waals surface area contributed by atoms with Crippen LogP contribution in [-0.4, -0.2) is 20.7 Å². The maximum absolute atomic E-state index is 12.6. The molecule has 0 spiro atoms. The number of nitrogens with zero attached hydrogens (tertiary/aromatic N) is 3. The smallest absolute Gasteiger partial charge is 0.251 e. The van der Waals surface area contributed by atoms with Gasteiger partial charge in [0, 0.05) is 22.6 Å². The van der Waals surface area contributed by atoms with Crippen LogP contribution in [0.5, 0.6) is 0 Å². The van der Waals surface area contributed by atoms with Gasteiger partial charge in [0.25, 0.3) is 5.91 Å². The van der Waals surface area contributed by atoms with Gasteiger partial charge in [0.15, 0.2) is 11.0 Å². The highest BCUT2D eigenvalue weighted by molar-refractivity contribution is 7.98. The Morgan fingerprint density at radius 2 is 1.67 bits per heavy atom. The van der Waals surface area contributed by atoms with E-state index in [2.05, 4.69) is 82.5 Å². The van der Waals surface area contributed by atoms with E-state index in [1.54, 1.807) is 24.1 Å². The molecule has 2 aromatic heterocycles. The fourth-order valence-corrected chi connectivity index (χ4v) is 4.71. The first-order valence-electron chi connectivity index (χ1n) is 11.7. The zero-order valence-electron chi connectivity index (χ0n) is 20.1. The van der Waals surface area contributed by atoms with E-state index in [0.29, 0.717) is 17.9 Å². The summed E-state index contributed by atoms with van der Waals surface area (Å²) in [7, 11) is 0. The Hall–Kier alpha value is -4.10. The zero-order valence-corrected chi connectivity index (χ0v) is 21.0. The Bertz CT molecular complexity index is 1460. The van der Waals surface area contributed by atoms with Gasteiger partial charge in [0.1, 0.15) is 5.76 Å². The number of rotatable bonds is 8. The predicted molar refractivity (Wildman–Crippen MR) is 142 cm³/mol. The molecule has 0 fully saturated rings. The zero-order chi connectivity index (χ0) is 24.9. The largest absolute Gasteiger partial charge is 0.467 e. The molecule has 0 atom stereocenters. The molecule has 36 heavy (non-hydrogen) atoms. The second kappa shape index (κ2) is 10.7. The minimum Gasteiger partial charge on any atom is -0.467 e. The lowest BCUT2D eigenvalue weighted by molar-refractivity contribution is 0.0948. The van der Waals surface area contributed by atoms with E-state index in [1.165, 1.54) is 11.1 Å². The van der Waals surface area contributed by atoms with E-state index in [1.807, 2.05) is 30.3 Å². The molecule has 0 saturated carbocycles. The second-order valence-corrected chi connectivity index (χ2v) is 9.54. The third-order valence-corrected chi connectivity index (χ3v) is 6.80. The molecule has 3 aromatic carbocycles. The van der Waals surface area contributed by atoms with Crippen molar-refractivity contribution < 1.29 is 9.21 Å². The number of hydrogen-bond donors (Lipinski definition) is 1. The van der Waals surface area contributed by atoms with Crippen LogP contribution in [0, 0.1) is 13.8 Å². The highest BCUT2D eigenvalue weighted by Crippen LogP contribution is 2.30. The molecule has 7 heteroatoms. The molecule has 0 unspecified atom stereocenters. The van der Waals surface area contributed by atoms with Crippen molar-refractivity contribution in [2.24, 2.45) is 0 Å². The minimum absolute atomic E-state index is 0.136. The molecule has 5 rings (SSSR count). The topological polar surface area (TPSA) is 73.0 Å². The van der Waals surface area contributed by atoms with Crippen LogP contribution in [0.15, 0.2) is 101 Å². The summed E-state index contributed by atoms with van der Waals surface area (Å²) < 4.78 is 7.38. The Kier molecular flexibility index (Phi) is 7.00. The van der Waals surface area contributed by atoms with Crippen LogP contribution in [0.3, 0.4) is 0 Å². The standard InChI is InChI=1S/C29H26N4O2S/c1-20-8-12-23(13-9-20)27-31-32-29(33(27)25-14-10-21(2)11-15-25)36-19-22-5-3-6-24(17-22)28(34)30-18-26-7-4-16-35-26/h3-17H,18-19H2,1-2H3,(H,30,34). The van der Waals surface area contributed by atoms with Gasteiger partial charge >= 0.3 is 0 Å². The fourth-order valence-electron chi connectivity index (χ4n) is 3.81. The van der Waals surface area contributed by atoms with Gasteiger partial charge < -0.3 is 9.73 Å². The first-order chi connectivity index (χ1) is 17.6. The van der Waals surface area contributed by atoms with Crippen molar-refractivity contribution in [3.05, 3.63) is 119 Å². The number of benzene rings is 3. The maximum atomic E-state index is 12.6. The second-order valence-electron chi connectivity index (χ2n) is 8.59. The molecular weight excluding hydrogens is 468 g/mol. The summed E-state index contributed by atoms with van der Waals surface area (Å²) in [6.07, 6.45) is 1.60. The van der Waals surface area contributed by atoms with Crippen LogP contribution in [0.25, 0.3) is 17.1 Å². The van der Waals surface area contributed by atoms with Crippen LogP contribution < -0.4 is 5.32 Å². The Morgan fingerprint density at radius 3 is 2.39 bits per heavy atom. The number of amides is 1. The molecule has 0 saturated heterocycles. The number of furan rings is 1. The van der Waals surface area contributed by atoms with Crippen LogP contribution in [0.2, 0.25) is 0 Å². The third kappa shape index (κ3) is 5.42. The first-order valence-corrected chi connectivity index (χ1v) is 12.7. The molecule has 0 aliphatic rings. The van der Waals surface area contributed by atoms with E-state index in [0.717, 1.165) is 33.6 Å². The molecule has 2 heterocycles. The maximum Gasteiger partial charge on any atom is 0.251 e. The highest BCUT2D eigenvalue weighted by atomic mass is 32.2. The van der Waals surface area contributed by atoms with E-state index < -0.39 is 0 Å². The average molecular weight is 495 g/mol. The van der Waals surface area contributed by atoms with E-state index in [9.17, 15) is 4.79 Å². The van der Waals surface area contributed by atoms with Crippen molar-refractivity contribution in [3.8, 4) is 17.1 Å². The normalized spacial score (nSPS) is 10.9. The fraction of sp³-hybridized carbons (Fsp3) is 0.138. The Balaban J connectivity index is 1.37. The number of aromatic nitrogens is 3. The Labute approximate surface area is 214 Å². The minimum atomic E-state index is -0.136. The van der Waals surface area contributed by atoms with Crippen molar-refractivity contribution in [1.82, 2.24) is 20.1 Å². The van der Waals surface area contributed by atoms with Gasteiger partial charge in [-0.3, -0.25) is 9.36 Å². The highest BCUT2D eigenvalue weighted by Gasteiger charge is 2.17. The van der Waals surface area contributed by atoms with Crippen molar-refractivity contribution in [2.45, 2.75) is 31.3 Å². The molecule has 1 amide bonds. The van der Waals surface area contributed by atoms with E-state index >= 15 is 0 Å². The van der Waals surface area contributed by atoms with Gasteiger partial charge in [0.2, 0.25) is 0 Å². The van der Waals surface area contributed by atoms with Gasteiger partial charge in [-0.05, 0) is 55.8 Å². The molecule has 0 bridgehead atoms. The van der Waals surface area contributed by atoms with Crippen LogP contribution in [-0.2, 0) is 12.3 Å². The van der Waals surface area contributed by atoms with Gasteiger partial charge in [-0.1, -0.05) is 71.4 Å². The average Bonchev–Trinajstić information content (AvgIpc) is 3.57. The third-order valence-electron chi connectivity index (χ3n) is 5.80. The SMILES string of the molecule is Cc1ccc(-c2nnc(SCc3cccc(C(=O)NCc4ccco4)c3)n2-c2ccc(C)cc2)cc1. The lowest BCUT2D eigenvalue weighted by atomic mass is 10.1. The van der Waals surface area contributed by atoms with Crippen LogP contribution in [0.4, 0.5) is 0 Å². The number of carbonyl (C=O) groups excluding carboxylic acids is 1. The predicted octanol–water partition coefficient (Wildman–Crippen LogP) is 6.37. The summed E-state index contributed by atoms with van der Waals surface area (Å²) in [5.74, 6) is 2.03. The van der Waals surface area contributed by atoms with E-state index in [4.69, 9.17) is 4.42 Å². The molecule has 1 N–H and O–H groups in total. The molecule has 5 aromatic rings. The van der Waals surface area contributed by atoms with Crippen molar-refractivity contribution in [3.63, 3.8) is 0 Å². The van der Waals surface area contributed by atoms with Crippen molar-refractivity contribution >= 4 is 17.7 Å². The number of hydrogen-bond acceptors (Lipinski definition) is 5. The number of carbonyl (C=O) groups is 1. The van der Waals surface area contributed by atoms with Gasteiger partial charge in [-0.15, -0.1) is 10.2 Å². The van der Waals surface area contributed by atoms with Crippen LogP contribution >= 0.6 is 11.8 Å². The molecule has 0 radical (unpaired) electrons. The lowest BCUT2D eigenvalue weighted by Crippen LogP contribution is -2.22. The summed E-state index contributed by atoms with van der Waals surface area (Å²) in [6, 6.07) is 28.0. The molecule has 0 aliphatic carbocycles. The number of nitrogens with one attached hydrogen (secondary N) is 1. The van der Waals surface area contributed by atoms with Gasteiger partial charge in [-0.25, -0.2) is 0 Å². The quantitative estimate of drug-likeness (QED) is 0.254. The first kappa shape index (κ1) is 23.6. The summed E-state index contributed by atoms with van der Waals surface area (Å²) >= 11 is 1.59. The summed E-state index contributed by atoms with van der Waals surface area (Å²) in [4.78, 5) is 12.6. The van der Waals surface area contributed by atoms with Crippen molar-refractivity contribution in [1.29, 1.82) is 0 Å². The van der Waals surface area contributed by atoms with Gasteiger partial charge in [0.05, 0.1) is 12.8 Å². The summed E-state index contributed by atoms with van der Waals surface area (Å²) in [5.41, 5.74) is 6.05. The lowest BCUT2D eigenvalue weighted by Gasteiger charge is -2.11. The molecule has 180 valence electrons. The number of thioether (sulfide) groups is 1. The van der Waals surface area contributed by atoms with Gasteiger partial charge in [-0.2, -0.15) is 0 Å². The number of aryl methyl sites for hydroxylation is 2. The van der Waals surface area contributed by atoms with E-state index in [-0.39, 0.29) is 5.91 Å². The monoisotopic (exact) mass is 494 g/mol. The molecule has 0 aliphatic heterocycles. The summed E-state index contributed by atoms with van der Waals surface area (Å²) in [6.45, 7) is 4.50. The summed E-state index contributed by atoms with van der Waals surface area (Å²) in [5, 5.41) is 12.8.